The van der Waals surface area contributed by atoms with Crippen LogP contribution in [0.2, 0.25) is 0 Å². The van der Waals surface area contributed by atoms with Gasteiger partial charge in [0.25, 0.3) is 0 Å². The van der Waals surface area contributed by atoms with Gasteiger partial charge in [-0.3, -0.25) is 9.69 Å². The third kappa shape index (κ3) is 2.91. The largest absolute Gasteiger partial charge is 0.481 e. The molecule has 1 aromatic rings. The molecule has 1 atom stereocenters. The summed E-state index contributed by atoms with van der Waals surface area (Å²) in [6.07, 6.45) is 3.28. The molecule has 98 valence electrons. The number of hydrogen-bond acceptors (Lipinski definition) is 2. The second kappa shape index (κ2) is 5.53. The van der Waals surface area contributed by atoms with Gasteiger partial charge < -0.3 is 5.11 Å². The van der Waals surface area contributed by atoms with Crippen LogP contribution in [0.4, 0.5) is 0 Å². The summed E-state index contributed by atoms with van der Waals surface area (Å²) in [4.78, 5) is 12.8. The molecule has 0 aromatic heterocycles. The maximum atomic E-state index is 10.5. The van der Waals surface area contributed by atoms with E-state index in [9.17, 15) is 4.79 Å². The number of carboxylic acids is 1. The van der Waals surface area contributed by atoms with Crippen LogP contribution in [0.15, 0.2) is 18.2 Å². The Balaban J connectivity index is 1.99. The molecule has 18 heavy (non-hydrogen) atoms. The fraction of sp³-hybridized carbons (Fsp3) is 0.533. The Morgan fingerprint density at radius 1 is 1.50 bits per heavy atom. The number of benzene rings is 1. The van der Waals surface area contributed by atoms with Gasteiger partial charge in [0.1, 0.15) is 0 Å². The second-order valence-corrected chi connectivity index (χ2v) is 5.23. The Kier molecular flexibility index (Phi) is 4.02. The van der Waals surface area contributed by atoms with E-state index in [4.69, 9.17) is 5.11 Å². The van der Waals surface area contributed by atoms with Gasteiger partial charge >= 0.3 is 5.97 Å². The number of fused-ring (bicyclic) bond motifs is 1. The average molecular weight is 247 g/mol. The molecule has 1 unspecified atom stereocenters. The lowest BCUT2D eigenvalue weighted by Gasteiger charge is -2.25. The van der Waals surface area contributed by atoms with Gasteiger partial charge in [-0.05, 0) is 50.9 Å². The molecular formula is C15H21NO2. The van der Waals surface area contributed by atoms with Crippen molar-refractivity contribution < 1.29 is 9.90 Å². The maximum absolute atomic E-state index is 10.5. The monoisotopic (exact) mass is 247 g/mol. The number of aliphatic carboxylic acids is 1. The van der Waals surface area contributed by atoms with Gasteiger partial charge in [-0.15, -0.1) is 0 Å². The first-order valence-corrected chi connectivity index (χ1v) is 6.59. The highest BCUT2D eigenvalue weighted by Crippen LogP contribution is 2.35. The summed E-state index contributed by atoms with van der Waals surface area (Å²) in [5.74, 6) is -0.703. The molecule has 0 heterocycles. The van der Waals surface area contributed by atoms with E-state index in [1.165, 1.54) is 16.7 Å². The lowest BCUT2D eigenvalue weighted by molar-refractivity contribution is -0.137. The standard InChI is InChI=1S/C15H21NO2/c1-11-5-6-12-7-8-14(13(12)10-11)16(2)9-3-4-15(17)18/h5-6,10,14H,3-4,7-9H2,1-2H3,(H,17,18). The van der Waals surface area contributed by atoms with Crippen LogP contribution in [0.3, 0.4) is 0 Å². The van der Waals surface area contributed by atoms with Gasteiger partial charge in [0, 0.05) is 12.5 Å². The third-order valence-corrected chi connectivity index (χ3v) is 3.78. The highest BCUT2D eigenvalue weighted by atomic mass is 16.4. The first kappa shape index (κ1) is 13.1. The molecule has 0 saturated carbocycles. The fourth-order valence-electron chi connectivity index (χ4n) is 2.79. The second-order valence-electron chi connectivity index (χ2n) is 5.23. The first-order chi connectivity index (χ1) is 8.58. The minimum atomic E-state index is -0.703. The number of carbonyl (C=O) groups is 1. The molecule has 0 bridgehead atoms. The maximum Gasteiger partial charge on any atom is 0.303 e. The molecule has 1 aliphatic rings. The van der Waals surface area contributed by atoms with Crippen LogP contribution < -0.4 is 0 Å². The number of aryl methyl sites for hydroxylation is 2. The molecule has 1 N–H and O–H groups in total. The lowest BCUT2D eigenvalue weighted by atomic mass is 10.0. The molecule has 0 aliphatic heterocycles. The molecule has 0 spiro atoms. The predicted octanol–water partition coefficient (Wildman–Crippen LogP) is 2.78. The highest BCUT2D eigenvalue weighted by Gasteiger charge is 2.25. The van der Waals surface area contributed by atoms with Crippen LogP contribution in [0.1, 0.15) is 42.0 Å². The van der Waals surface area contributed by atoms with Crippen LogP contribution in [-0.4, -0.2) is 29.6 Å². The van der Waals surface area contributed by atoms with Crippen molar-refractivity contribution in [3.05, 3.63) is 34.9 Å². The Labute approximate surface area is 108 Å². The van der Waals surface area contributed by atoms with Gasteiger partial charge in [0.05, 0.1) is 0 Å². The molecule has 3 heteroatoms. The molecule has 0 fully saturated rings. The fourth-order valence-corrected chi connectivity index (χ4v) is 2.79. The van der Waals surface area contributed by atoms with E-state index in [0.717, 1.165) is 25.8 Å². The quantitative estimate of drug-likeness (QED) is 0.869. The summed E-state index contributed by atoms with van der Waals surface area (Å²) >= 11 is 0. The van der Waals surface area contributed by atoms with Crippen LogP contribution >= 0.6 is 0 Å². The third-order valence-electron chi connectivity index (χ3n) is 3.78. The molecule has 2 rings (SSSR count). The van der Waals surface area contributed by atoms with Crippen molar-refractivity contribution in [1.82, 2.24) is 4.90 Å². The molecule has 3 nitrogen and oxygen atoms in total. The summed E-state index contributed by atoms with van der Waals surface area (Å²) in [5, 5.41) is 8.67. The van der Waals surface area contributed by atoms with Gasteiger partial charge in [-0.1, -0.05) is 23.8 Å². The number of carboxylic acid groups (broad SMARTS) is 1. The van der Waals surface area contributed by atoms with E-state index < -0.39 is 5.97 Å². The first-order valence-electron chi connectivity index (χ1n) is 6.59. The molecule has 1 aliphatic carbocycles. The van der Waals surface area contributed by atoms with Crippen molar-refractivity contribution in [1.29, 1.82) is 0 Å². The molecule has 1 aromatic carbocycles. The SMILES string of the molecule is Cc1ccc2c(c1)C(N(C)CCCC(=O)O)CC2. The summed E-state index contributed by atoms with van der Waals surface area (Å²) in [5.41, 5.74) is 4.20. The number of nitrogens with zero attached hydrogens (tertiary/aromatic N) is 1. The summed E-state index contributed by atoms with van der Waals surface area (Å²) in [7, 11) is 2.10. The molecular weight excluding hydrogens is 226 g/mol. The number of hydrogen-bond donors (Lipinski definition) is 1. The minimum Gasteiger partial charge on any atom is -0.481 e. The van der Waals surface area contributed by atoms with Gasteiger partial charge in [-0.25, -0.2) is 0 Å². The summed E-state index contributed by atoms with van der Waals surface area (Å²) in [6.45, 7) is 2.98. The highest BCUT2D eigenvalue weighted by molar-refractivity contribution is 5.66. The normalized spacial score (nSPS) is 18.1. The van der Waals surface area contributed by atoms with Crippen molar-refractivity contribution in [3.8, 4) is 0 Å². The van der Waals surface area contributed by atoms with Crippen LogP contribution in [0, 0.1) is 6.92 Å². The molecule has 0 radical (unpaired) electrons. The lowest BCUT2D eigenvalue weighted by Crippen LogP contribution is -2.24. The van der Waals surface area contributed by atoms with Gasteiger partial charge in [0.15, 0.2) is 0 Å². The van der Waals surface area contributed by atoms with E-state index in [1.54, 1.807) is 0 Å². The zero-order chi connectivity index (χ0) is 13.1. The van der Waals surface area contributed by atoms with Crippen molar-refractivity contribution in [2.45, 2.75) is 38.6 Å². The number of rotatable bonds is 5. The van der Waals surface area contributed by atoms with E-state index in [0.29, 0.717) is 6.04 Å². The van der Waals surface area contributed by atoms with Crippen molar-refractivity contribution >= 4 is 5.97 Å². The van der Waals surface area contributed by atoms with E-state index in [-0.39, 0.29) is 6.42 Å². The topological polar surface area (TPSA) is 40.5 Å². The molecule has 0 saturated heterocycles. The molecule has 0 amide bonds. The van der Waals surface area contributed by atoms with Gasteiger partial charge in [0.2, 0.25) is 0 Å². The summed E-state index contributed by atoms with van der Waals surface area (Å²) in [6, 6.07) is 7.15. The van der Waals surface area contributed by atoms with Crippen LogP contribution in [-0.2, 0) is 11.2 Å². The zero-order valence-corrected chi connectivity index (χ0v) is 11.1. The van der Waals surface area contributed by atoms with Crippen LogP contribution in [0.25, 0.3) is 0 Å². The smallest absolute Gasteiger partial charge is 0.303 e. The van der Waals surface area contributed by atoms with E-state index >= 15 is 0 Å². The van der Waals surface area contributed by atoms with Crippen LogP contribution in [0.5, 0.6) is 0 Å². The van der Waals surface area contributed by atoms with E-state index in [2.05, 4.69) is 37.1 Å². The van der Waals surface area contributed by atoms with Crippen molar-refractivity contribution in [2.75, 3.05) is 13.6 Å². The van der Waals surface area contributed by atoms with Crippen molar-refractivity contribution in [3.63, 3.8) is 0 Å². The Hall–Kier alpha value is -1.35. The predicted molar refractivity (Wildman–Crippen MR) is 71.7 cm³/mol. The van der Waals surface area contributed by atoms with Crippen molar-refractivity contribution in [2.24, 2.45) is 0 Å². The minimum absolute atomic E-state index is 0.262. The Morgan fingerprint density at radius 2 is 2.28 bits per heavy atom. The average Bonchev–Trinajstić information content (AvgIpc) is 2.71. The summed E-state index contributed by atoms with van der Waals surface area (Å²) < 4.78 is 0. The van der Waals surface area contributed by atoms with Gasteiger partial charge in [-0.2, -0.15) is 0 Å². The van der Waals surface area contributed by atoms with E-state index in [1.807, 2.05) is 0 Å². The Bertz CT molecular complexity index is 442. The Morgan fingerprint density at radius 3 is 3.00 bits per heavy atom. The zero-order valence-electron chi connectivity index (χ0n) is 11.1.